The zero-order chi connectivity index (χ0) is 10.1. The highest BCUT2D eigenvalue weighted by Crippen LogP contribution is 2.13. The van der Waals surface area contributed by atoms with E-state index in [0.29, 0.717) is 16.7 Å². The number of carboxylic acids is 1. The summed E-state index contributed by atoms with van der Waals surface area (Å²) < 4.78 is 0. The zero-order valence-corrected chi connectivity index (χ0v) is 7.14. The number of rotatable bonds is 1. The zero-order valence-electron chi connectivity index (χ0n) is 7.14. The Morgan fingerprint density at radius 2 is 2.00 bits per heavy atom. The summed E-state index contributed by atoms with van der Waals surface area (Å²) in [6, 6.07) is 3.13. The minimum atomic E-state index is -1.01. The van der Waals surface area contributed by atoms with Crippen molar-refractivity contribution in [2.24, 2.45) is 0 Å². The fourth-order valence-electron chi connectivity index (χ4n) is 1.16. The summed E-state index contributed by atoms with van der Waals surface area (Å²) in [6.45, 7) is 0. The number of nitrogen functional groups attached to an aromatic ring is 1. The molecule has 0 aromatic carbocycles. The summed E-state index contributed by atoms with van der Waals surface area (Å²) in [5, 5.41) is 9.35. The van der Waals surface area contributed by atoms with E-state index >= 15 is 0 Å². The lowest BCUT2D eigenvalue weighted by atomic mass is 10.2. The van der Waals surface area contributed by atoms with Crippen LogP contribution in [-0.2, 0) is 0 Å². The van der Waals surface area contributed by atoms with E-state index in [4.69, 9.17) is 10.8 Å². The van der Waals surface area contributed by atoms with Gasteiger partial charge in [-0.25, -0.2) is 14.8 Å². The van der Waals surface area contributed by atoms with Crippen molar-refractivity contribution in [1.82, 2.24) is 9.97 Å². The van der Waals surface area contributed by atoms with Crippen molar-refractivity contribution in [3.05, 3.63) is 30.1 Å². The lowest BCUT2D eigenvalue weighted by molar-refractivity contribution is 0.0696. The van der Waals surface area contributed by atoms with Gasteiger partial charge in [-0.3, -0.25) is 0 Å². The Morgan fingerprint density at radius 3 is 2.71 bits per heavy atom. The van der Waals surface area contributed by atoms with E-state index in [1.807, 2.05) is 0 Å². The number of nitrogens with zero attached hydrogens (tertiary/aromatic N) is 2. The second-order valence-electron chi connectivity index (χ2n) is 2.84. The molecule has 3 N–H and O–H groups in total. The van der Waals surface area contributed by atoms with E-state index in [-0.39, 0.29) is 5.56 Å². The second kappa shape index (κ2) is 2.95. The molecule has 0 amide bonds. The molecule has 5 nitrogen and oxygen atoms in total. The summed E-state index contributed by atoms with van der Waals surface area (Å²) in [5.41, 5.74) is 6.62. The molecule has 2 aromatic heterocycles. The number of aromatic nitrogens is 2. The molecule has 0 saturated carbocycles. The van der Waals surface area contributed by atoms with Crippen LogP contribution < -0.4 is 5.73 Å². The highest BCUT2D eigenvalue weighted by molar-refractivity contribution is 5.92. The molecule has 0 atom stereocenters. The van der Waals surface area contributed by atoms with Crippen LogP contribution in [0.1, 0.15) is 10.4 Å². The maximum Gasteiger partial charge on any atom is 0.337 e. The average Bonchev–Trinajstić information content (AvgIpc) is 2.16. The predicted molar refractivity (Wildman–Crippen MR) is 50.9 cm³/mol. The van der Waals surface area contributed by atoms with E-state index in [1.54, 1.807) is 6.07 Å². The van der Waals surface area contributed by atoms with Crippen LogP contribution in [0.2, 0.25) is 0 Å². The van der Waals surface area contributed by atoms with Crippen LogP contribution in [0.5, 0.6) is 0 Å². The van der Waals surface area contributed by atoms with E-state index < -0.39 is 5.97 Å². The third-order valence-corrected chi connectivity index (χ3v) is 1.80. The second-order valence-corrected chi connectivity index (χ2v) is 2.84. The molecular formula is C9H7N3O2. The van der Waals surface area contributed by atoms with Crippen LogP contribution in [-0.4, -0.2) is 21.0 Å². The van der Waals surface area contributed by atoms with Gasteiger partial charge in [0.05, 0.1) is 17.4 Å². The van der Waals surface area contributed by atoms with Gasteiger partial charge < -0.3 is 10.8 Å². The average molecular weight is 189 g/mol. The van der Waals surface area contributed by atoms with Crippen molar-refractivity contribution in [2.45, 2.75) is 0 Å². The number of nitrogens with two attached hydrogens (primary N) is 1. The first-order valence-electron chi connectivity index (χ1n) is 3.91. The van der Waals surface area contributed by atoms with Gasteiger partial charge in [-0.05, 0) is 12.1 Å². The van der Waals surface area contributed by atoms with Crippen LogP contribution in [0.3, 0.4) is 0 Å². The highest BCUT2D eigenvalue weighted by atomic mass is 16.4. The van der Waals surface area contributed by atoms with Crippen molar-refractivity contribution in [2.75, 3.05) is 5.73 Å². The van der Waals surface area contributed by atoms with Crippen molar-refractivity contribution < 1.29 is 9.90 Å². The molecular weight excluding hydrogens is 182 g/mol. The van der Waals surface area contributed by atoms with Gasteiger partial charge in [-0.15, -0.1) is 0 Å². The number of hydrogen-bond donors (Lipinski definition) is 2. The topological polar surface area (TPSA) is 89.1 Å². The van der Waals surface area contributed by atoms with E-state index in [2.05, 4.69) is 9.97 Å². The molecule has 0 unspecified atom stereocenters. The molecule has 0 radical (unpaired) electrons. The lowest BCUT2D eigenvalue weighted by Crippen LogP contribution is -1.98. The fraction of sp³-hybridized carbons (Fsp3) is 0. The Kier molecular flexibility index (Phi) is 1.78. The summed E-state index contributed by atoms with van der Waals surface area (Å²) in [7, 11) is 0. The first-order chi connectivity index (χ1) is 6.66. The molecule has 2 aromatic rings. The van der Waals surface area contributed by atoms with Crippen molar-refractivity contribution in [3.63, 3.8) is 0 Å². The molecule has 2 heterocycles. The van der Waals surface area contributed by atoms with Crippen LogP contribution in [0.15, 0.2) is 24.5 Å². The molecule has 0 bridgehead atoms. The largest absolute Gasteiger partial charge is 0.478 e. The first-order valence-corrected chi connectivity index (χ1v) is 3.91. The van der Waals surface area contributed by atoms with Gasteiger partial charge in [-0.2, -0.15) is 0 Å². The SMILES string of the molecule is Nc1cnc2ncc(C(=O)O)cc2c1. The van der Waals surface area contributed by atoms with Gasteiger partial charge in [0.15, 0.2) is 5.65 Å². The number of aromatic carboxylic acids is 1. The Morgan fingerprint density at radius 1 is 1.29 bits per heavy atom. The van der Waals surface area contributed by atoms with Crippen LogP contribution >= 0.6 is 0 Å². The maximum atomic E-state index is 10.6. The number of anilines is 1. The molecule has 2 rings (SSSR count). The normalized spacial score (nSPS) is 10.3. The van der Waals surface area contributed by atoms with Crippen LogP contribution in [0.4, 0.5) is 5.69 Å². The van der Waals surface area contributed by atoms with E-state index in [1.165, 1.54) is 18.5 Å². The highest BCUT2D eigenvalue weighted by Gasteiger charge is 2.05. The van der Waals surface area contributed by atoms with Crippen LogP contribution in [0.25, 0.3) is 11.0 Å². The maximum absolute atomic E-state index is 10.6. The van der Waals surface area contributed by atoms with Crippen molar-refractivity contribution >= 4 is 22.7 Å². The Bertz CT molecular complexity index is 510. The molecule has 5 heteroatoms. The monoisotopic (exact) mass is 189 g/mol. The molecule has 14 heavy (non-hydrogen) atoms. The van der Waals surface area contributed by atoms with Gasteiger partial charge in [0.2, 0.25) is 0 Å². The number of fused-ring (bicyclic) bond motifs is 1. The lowest BCUT2D eigenvalue weighted by Gasteiger charge is -1.98. The van der Waals surface area contributed by atoms with Gasteiger partial charge in [0.25, 0.3) is 0 Å². The number of carbonyl (C=O) groups is 1. The fourth-order valence-corrected chi connectivity index (χ4v) is 1.16. The predicted octanol–water partition coefficient (Wildman–Crippen LogP) is 0.910. The van der Waals surface area contributed by atoms with E-state index in [9.17, 15) is 4.79 Å². The third-order valence-electron chi connectivity index (χ3n) is 1.80. The Balaban J connectivity index is 2.69. The molecule has 70 valence electrons. The van der Waals surface area contributed by atoms with Crippen LogP contribution in [0, 0.1) is 0 Å². The summed E-state index contributed by atoms with van der Waals surface area (Å²) in [5.74, 6) is -1.01. The summed E-state index contributed by atoms with van der Waals surface area (Å²) >= 11 is 0. The third kappa shape index (κ3) is 1.35. The minimum Gasteiger partial charge on any atom is -0.478 e. The minimum absolute atomic E-state index is 0.130. The summed E-state index contributed by atoms with van der Waals surface area (Å²) in [4.78, 5) is 18.5. The van der Waals surface area contributed by atoms with Crippen molar-refractivity contribution in [1.29, 1.82) is 0 Å². The molecule has 0 fully saturated rings. The standard InChI is InChI=1S/C9H7N3O2/c10-7-2-5-1-6(9(13)14)3-11-8(5)12-4-7/h1-4H,10H2,(H,13,14). The molecule has 0 saturated heterocycles. The molecule has 0 spiro atoms. The van der Waals surface area contributed by atoms with E-state index in [0.717, 1.165) is 0 Å². The number of hydrogen-bond acceptors (Lipinski definition) is 4. The molecule has 0 aliphatic carbocycles. The molecule has 0 aliphatic rings. The Hall–Kier alpha value is -2.17. The quantitative estimate of drug-likeness (QED) is 0.695. The smallest absolute Gasteiger partial charge is 0.337 e. The van der Waals surface area contributed by atoms with Crippen molar-refractivity contribution in [3.8, 4) is 0 Å². The Labute approximate surface area is 79.2 Å². The van der Waals surface area contributed by atoms with Gasteiger partial charge >= 0.3 is 5.97 Å². The number of pyridine rings is 2. The first kappa shape index (κ1) is 8.43. The van der Waals surface area contributed by atoms with Gasteiger partial charge in [-0.1, -0.05) is 0 Å². The summed E-state index contributed by atoms with van der Waals surface area (Å²) in [6.07, 6.45) is 2.75. The number of carboxylic acid groups (broad SMARTS) is 1. The van der Waals surface area contributed by atoms with Gasteiger partial charge in [0, 0.05) is 11.6 Å². The van der Waals surface area contributed by atoms with Gasteiger partial charge in [0.1, 0.15) is 0 Å². The molecule has 0 aliphatic heterocycles.